The smallest absolute Gasteiger partial charge is 0.0190 e. The van der Waals surface area contributed by atoms with E-state index in [1.807, 2.05) is 54.6 Å². The number of fused-ring (bicyclic) bond motifs is 2. The van der Waals surface area contributed by atoms with Gasteiger partial charge in [0.15, 0.2) is 0 Å². The number of para-hydroxylation sites is 3. The van der Waals surface area contributed by atoms with Gasteiger partial charge in [-0.1, -0.05) is 103 Å². The van der Waals surface area contributed by atoms with Crippen LogP contribution in [-0.4, -0.2) is 0 Å². The summed E-state index contributed by atoms with van der Waals surface area (Å²) in [7, 11) is 9.78. The van der Waals surface area contributed by atoms with Gasteiger partial charge in [0.05, 0.1) is 0 Å². The van der Waals surface area contributed by atoms with E-state index in [4.69, 9.17) is 29.2 Å². The average molecular weight is 477 g/mol. The first-order valence-electron chi connectivity index (χ1n) is 9.74. The molecule has 0 bridgehead atoms. The van der Waals surface area contributed by atoms with Gasteiger partial charge in [0, 0.05) is 0 Å². The fourth-order valence-electron chi connectivity index (χ4n) is 3.53. The minimum atomic E-state index is -0.556. The summed E-state index contributed by atoms with van der Waals surface area (Å²) in [5.41, 5.74) is 3.65. The Bertz CT molecular complexity index is 1240. The Morgan fingerprint density at radius 1 is 0.516 bits per heavy atom. The quantitative estimate of drug-likeness (QED) is 0.182. The van der Waals surface area contributed by atoms with E-state index in [0.29, 0.717) is 0 Å². The molecule has 0 radical (unpaired) electrons. The van der Waals surface area contributed by atoms with Crippen LogP contribution in [0.2, 0.25) is 0 Å². The Kier molecular flexibility index (Phi) is 7.50. The van der Waals surface area contributed by atoms with Gasteiger partial charge in [-0.15, -0.1) is 11.4 Å². The molecule has 5 aromatic carbocycles. The average Bonchev–Trinajstić information content (AvgIpc) is 2.81. The molecule has 5 aromatic rings. The molecule has 0 spiro atoms. The van der Waals surface area contributed by atoms with E-state index in [0.717, 1.165) is 33.5 Å². The summed E-state index contributed by atoms with van der Waals surface area (Å²) in [5.74, 6) is 0. The monoisotopic (exact) mass is 476 g/mol. The van der Waals surface area contributed by atoms with Crippen LogP contribution in [-0.2, 0) is 17.0 Å². The van der Waals surface area contributed by atoms with Gasteiger partial charge in [0.25, 0.3) is 0 Å². The normalized spacial score (nSPS) is 10.3. The summed E-state index contributed by atoms with van der Waals surface area (Å²) in [5, 5.41) is 14.6. The van der Waals surface area contributed by atoms with Crippen molar-refractivity contribution in [1.82, 2.24) is 0 Å². The molecule has 2 nitrogen and oxygen atoms in total. The van der Waals surface area contributed by atoms with Crippen molar-refractivity contribution in [2.45, 2.75) is 0 Å². The first kappa shape index (κ1) is 21.7. The second-order valence-electron chi connectivity index (χ2n) is 6.79. The molecule has 0 saturated carbocycles. The third-order valence-electron chi connectivity index (χ3n) is 4.86. The number of nitrogens with zero attached hydrogens (tertiary/aromatic N) is 2. The Balaban J connectivity index is 0.000000730. The Hall–Kier alpha value is -2.49. The van der Waals surface area contributed by atoms with Crippen molar-refractivity contribution in [3.05, 3.63) is 120 Å². The van der Waals surface area contributed by atoms with Gasteiger partial charge < -0.3 is 10.6 Å². The van der Waals surface area contributed by atoms with E-state index < -0.39 is 17.0 Å². The van der Waals surface area contributed by atoms with Gasteiger partial charge >= 0.3 is 35.6 Å². The first-order chi connectivity index (χ1) is 15.3. The summed E-state index contributed by atoms with van der Waals surface area (Å²) >= 11 is -0.556. The molecule has 0 unspecified atom stereocenters. The maximum Gasteiger partial charge on any atom is -0.0190 e. The van der Waals surface area contributed by atoms with E-state index >= 15 is 0 Å². The van der Waals surface area contributed by atoms with E-state index in [1.54, 1.807) is 0 Å². The number of hydrogen-bond acceptors (Lipinski definition) is 0. The molecule has 0 atom stereocenters. The topological polar surface area (TPSA) is 28.2 Å². The molecule has 0 saturated heterocycles. The molecule has 152 valence electrons. The summed E-state index contributed by atoms with van der Waals surface area (Å²) in [6, 6.07) is 37.1. The molecule has 0 aromatic heterocycles. The van der Waals surface area contributed by atoms with Crippen LogP contribution in [0.3, 0.4) is 0 Å². The summed E-state index contributed by atoms with van der Waals surface area (Å²) in [6.07, 6.45) is 0. The Morgan fingerprint density at radius 3 is 1.55 bits per heavy atom. The second-order valence-corrected chi connectivity index (χ2v) is 9.37. The minimum Gasteiger partial charge on any atom is -0.659 e. The van der Waals surface area contributed by atoms with Crippen LogP contribution in [0, 0.1) is 0 Å². The molecule has 0 aliphatic carbocycles. The maximum absolute atomic E-state index is 5.10. The fourth-order valence-corrected chi connectivity index (χ4v) is 3.53. The van der Waals surface area contributed by atoms with Crippen molar-refractivity contribution in [2.24, 2.45) is 0 Å². The number of rotatable bonds is 4. The Labute approximate surface area is 198 Å². The molecule has 0 aliphatic heterocycles. The fraction of sp³-hybridized carbons (Fsp3) is 0. The van der Waals surface area contributed by atoms with Crippen LogP contribution in [0.4, 0.5) is 22.7 Å². The Morgan fingerprint density at radius 2 is 0.968 bits per heavy atom. The molecular formula is C26H18Cl2N2Ti-2. The SMILES string of the molecule is [Cl][Ti][Cl].c1ccc([N-]c2ccccc2[N-]c2c3ccccc3cc3ccccc23)cc1. The van der Waals surface area contributed by atoms with Crippen LogP contribution in [0.5, 0.6) is 0 Å². The minimum absolute atomic E-state index is 0.556. The third-order valence-corrected chi connectivity index (χ3v) is 4.86. The molecule has 0 aliphatic rings. The number of halogens is 2. The van der Waals surface area contributed by atoms with E-state index in [2.05, 4.69) is 54.6 Å². The number of benzene rings is 5. The predicted octanol–water partition coefficient (Wildman–Crippen LogP) is 10.0. The zero-order valence-corrected chi connectivity index (χ0v) is 19.6. The van der Waals surface area contributed by atoms with Gasteiger partial charge in [-0.3, -0.25) is 0 Å². The summed E-state index contributed by atoms with van der Waals surface area (Å²) in [6.45, 7) is 0. The van der Waals surface area contributed by atoms with Gasteiger partial charge in [-0.2, -0.15) is 11.4 Å². The standard InChI is InChI=1S/C26H18N2.2ClH.Ti/c1-2-12-21(13-3-1)27-24-16-8-9-17-25(24)28-26-22-14-6-4-10-19(22)18-20-11-5-7-15-23(20)26;;;/h1-18H;2*1H;/q-2;;;+2/p-2. The molecular weight excluding hydrogens is 459 g/mol. The van der Waals surface area contributed by atoms with Crippen LogP contribution in [0.1, 0.15) is 0 Å². The van der Waals surface area contributed by atoms with Crippen molar-refractivity contribution < 1.29 is 17.0 Å². The zero-order chi connectivity index (χ0) is 21.5. The van der Waals surface area contributed by atoms with E-state index in [-0.39, 0.29) is 0 Å². The van der Waals surface area contributed by atoms with Gasteiger partial charge in [-0.05, 0) is 27.6 Å². The summed E-state index contributed by atoms with van der Waals surface area (Å²) < 4.78 is 0. The molecule has 31 heavy (non-hydrogen) atoms. The van der Waals surface area contributed by atoms with E-state index in [9.17, 15) is 0 Å². The predicted molar refractivity (Wildman–Crippen MR) is 131 cm³/mol. The molecule has 5 heteroatoms. The van der Waals surface area contributed by atoms with Crippen LogP contribution in [0.15, 0.2) is 109 Å². The van der Waals surface area contributed by atoms with Crippen molar-refractivity contribution in [3.8, 4) is 0 Å². The third kappa shape index (κ3) is 5.23. The largest absolute Gasteiger partial charge is 0.659 e. The number of hydrogen-bond donors (Lipinski definition) is 0. The van der Waals surface area contributed by atoms with Crippen LogP contribution >= 0.6 is 18.6 Å². The van der Waals surface area contributed by atoms with E-state index in [1.165, 1.54) is 10.8 Å². The van der Waals surface area contributed by atoms with Gasteiger partial charge in [-0.25, -0.2) is 0 Å². The van der Waals surface area contributed by atoms with Crippen molar-refractivity contribution in [3.63, 3.8) is 0 Å². The van der Waals surface area contributed by atoms with Crippen LogP contribution < -0.4 is 0 Å². The van der Waals surface area contributed by atoms with Crippen molar-refractivity contribution >= 4 is 62.9 Å². The maximum atomic E-state index is 5.10. The molecule has 0 N–H and O–H groups in total. The van der Waals surface area contributed by atoms with Gasteiger partial charge in [0.2, 0.25) is 0 Å². The van der Waals surface area contributed by atoms with Crippen molar-refractivity contribution in [1.29, 1.82) is 0 Å². The molecule has 0 fully saturated rings. The van der Waals surface area contributed by atoms with Crippen LogP contribution in [0.25, 0.3) is 32.2 Å². The molecule has 0 amide bonds. The molecule has 5 rings (SSSR count). The van der Waals surface area contributed by atoms with Gasteiger partial charge in [0.1, 0.15) is 0 Å². The second kappa shape index (κ2) is 10.7. The first-order valence-corrected chi connectivity index (χ1v) is 14.0. The summed E-state index contributed by atoms with van der Waals surface area (Å²) in [4.78, 5) is 0. The van der Waals surface area contributed by atoms with Crippen molar-refractivity contribution in [2.75, 3.05) is 0 Å². The zero-order valence-electron chi connectivity index (χ0n) is 16.5. The molecule has 0 heterocycles.